The molecule has 1 fully saturated rings. The van der Waals surface area contributed by atoms with Crippen molar-refractivity contribution in [2.24, 2.45) is 0 Å². The van der Waals surface area contributed by atoms with Crippen molar-refractivity contribution in [2.75, 3.05) is 6.54 Å². The van der Waals surface area contributed by atoms with Crippen molar-refractivity contribution in [1.82, 2.24) is 24.6 Å². The second-order valence-corrected chi connectivity index (χ2v) is 8.46. The highest BCUT2D eigenvalue weighted by atomic mass is 32.1. The molecule has 0 atom stereocenters. The van der Waals surface area contributed by atoms with Gasteiger partial charge in [-0.3, -0.25) is 9.36 Å². The number of nitrogens with zero attached hydrogens (tertiary/aromatic N) is 4. The Hall–Kier alpha value is -2.26. The molecule has 0 aliphatic heterocycles. The van der Waals surface area contributed by atoms with E-state index in [2.05, 4.69) is 15.4 Å². The first-order valence-electron chi connectivity index (χ1n) is 8.50. The summed E-state index contributed by atoms with van der Waals surface area (Å²) in [6, 6.07) is 4.19. The van der Waals surface area contributed by atoms with E-state index in [9.17, 15) is 9.59 Å². The van der Waals surface area contributed by atoms with E-state index in [0.717, 1.165) is 34.2 Å². The summed E-state index contributed by atoms with van der Waals surface area (Å²) in [6.07, 6.45) is 2.04. The molecule has 7 nitrogen and oxygen atoms in total. The number of nitrogens with one attached hydrogen (secondary N) is 1. The lowest BCUT2D eigenvalue weighted by atomic mass is 10.4. The number of rotatable bonds is 6. The highest BCUT2D eigenvalue weighted by molar-refractivity contribution is 7.13. The molecule has 3 aromatic rings. The molecule has 3 heterocycles. The second-order valence-electron chi connectivity index (χ2n) is 6.31. The summed E-state index contributed by atoms with van der Waals surface area (Å²) >= 11 is 2.96. The van der Waals surface area contributed by atoms with Crippen molar-refractivity contribution in [3.8, 4) is 10.7 Å². The minimum Gasteiger partial charge on any atom is -0.349 e. The number of thiazole rings is 1. The summed E-state index contributed by atoms with van der Waals surface area (Å²) in [7, 11) is 0. The summed E-state index contributed by atoms with van der Waals surface area (Å²) in [5, 5.41) is 10.2. The van der Waals surface area contributed by atoms with Crippen LogP contribution in [0.2, 0.25) is 0 Å². The summed E-state index contributed by atoms with van der Waals surface area (Å²) in [6.45, 7) is 4.40. The number of amides is 1. The van der Waals surface area contributed by atoms with Gasteiger partial charge in [-0.05, 0) is 38.1 Å². The van der Waals surface area contributed by atoms with E-state index < -0.39 is 0 Å². The largest absolute Gasteiger partial charge is 0.349 e. The Balaban J connectivity index is 1.49. The molecular formula is C17H19N5O2S2. The van der Waals surface area contributed by atoms with Gasteiger partial charge in [0.15, 0.2) is 5.82 Å². The fourth-order valence-corrected chi connectivity index (χ4v) is 4.44. The number of hydrogen-bond donors (Lipinski definition) is 1. The fraction of sp³-hybridized carbons (Fsp3) is 0.412. The lowest BCUT2D eigenvalue weighted by Crippen LogP contribution is -2.32. The lowest BCUT2D eigenvalue weighted by molar-refractivity contribution is 0.0955. The average molecular weight is 390 g/mol. The third-order valence-corrected chi connectivity index (χ3v) is 6.18. The zero-order valence-electron chi connectivity index (χ0n) is 14.6. The third-order valence-electron chi connectivity index (χ3n) is 4.24. The molecular weight excluding hydrogens is 370 g/mol. The van der Waals surface area contributed by atoms with Gasteiger partial charge in [0.1, 0.15) is 4.88 Å². The van der Waals surface area contributed by atoms with Crippen LogP contribution in [0.5, 0.6) is 0 Å². The molecule has 1 saturated carbocycles. The first kappa shape index (κ1) is 17.2. The Morgan fingerprint density at radius 2 is 2.19 bits per heavy atom. The average Bonchev–Trinajstić information content (AvgIpc) is 3.03. The first-order chi connectivity index (χ1) is 12.5. The van der Waals surface area contributed by atoms with Gasteiger partial charge in [-0.15, -0.1) is 27.8 Å². The first-order valence-corrected chi connectivity index (χ1v) is 10.2. The Labute approximate surface area is 158 Å². The lowest BCUT2D eigenvalue weighted by Gasteiger charge is -2.03. The van der Waals surface area contributed by atoms with Crippen molar-refractivity contribution >= 4 is 28.6 Å². The van der Waals surface area contributed by atoms with Gasteiger partial charge in [-0.25, -0.2) is 14.5 Å². The van der Waals surface area contributed by atoms with E-state index >= 15 is 0 Å². The minimum absolute atomic E-state index is 0.102. The zero-order chi connectivity index (χ0) is 18.3. The van der Waals surface area contributed by atoms with Gasteiger partial charge in [-0.2, -0.15) is 0 Å². The third kappa shape index (κ3) is 3.24. The van der Waals surface area contributed by atoms with E-state index in [-0.39, 0.29) is 17.6 Å². The van der Waals surface area contributed by atoms with Crippen LogP contribution in [0.3, 0.4) is 0 Å². The number of aryl methyl sites for hydroxylation is 2. The number of thiophene rings is 1. The van der Waals surface area contributed by atoms with Crippen LogP contribution in [0, 0.1) is 13.8 Å². The molecule has 3 aromatic heterocycles. The topological polar surface area (TPSA) is 81.8 Å². The number of carbonyl (C=O) groups is 1. The summed E-state index contributed by atoms with van der Waals surface area (Å²) in [4.78, 5) is 30.9. The van der Waals surface area contributed by atoms with Crippen LogP contribution in [0.15, 0.2) is 22.3 Å². The molecule has 4 rings (SSSR count). The standard InChI is InChI=1S/C17H19N5O2S2/c1-10-14(26-11(2)19-10)16(23)18-7-8-21-17(24)22(12-5-6-12)15(20-21)13-4-3-9-25-13/h3-4,9,12H,5-8H2,1-2H3,(H,18,23). The molecule has 0 unspecified atom stereocenters. The SMILES string of the molecule is Cc1nc(C)c(C(=O)NCCn2nc(-c3cccs3)n(C3CC3)c2=O)s1. The molecule has 1 amide bonds. The summed E-state index contributed by atoms with van der Waals surface area (Å²) < 4.78 is 3.25. The van der Waals surface area contributed by atoms with Crippen LogP contribution in [0.25, 0.3) is 10.7 Å². The van der Waals surface area contributed by atoms with Gasteiger partial charge in [0, 0.05) is 12.6 Å². The van der Waals surface area contributed by atoms with Crippen molar-refractivity contribution in [1.29, 1.82) is 0 Å². The van der Waals surface area contributed by atoms with Crippen LogP contribution in [0.4, 0.5) is 0 Å². The van der Waals surface area contributed by atoms with Gasteiger partial charge in [0.05, 0.1) is 22.1 Å². The van der Waals surface area contributed by atoms with E-state index in [1.165, 1.54) is 16.0 Å². The van der Waals surface area contributed by atoms with Gasteiger partial charge in [0.25, 0.3) is 5.91 Å². The number of carbonyl (C=O) groups excluding carboxylic acids is 1. The monoisotopic (exact) mass is 389 g/mol. The predicted molar refractivity (Wildman–Crippen MR) is 102 cm³/mol. The van der Waals surface area contributed by atoms with Crippen molar-refractivity contribution < 1.29 is 4.79 Å². The highest BCUT2D eigenvalue weighted by Crippen LogP contribution is 2.37. The molecule has 26 heavy (non-hydrogen) atoms. The van der Waals surface area contributed by atoms with E-state index in [0.29, 0.717) is 18.0 Å². The van der Waals surface area contributed by atoms with Crippen molar-refractivity contribution in [3.63, 3.8) is 0 Å². The maximum Gasteiger partial charge on any atom is 0.346 e. The molecule has 0 radical (unpaired) electrons. The van der Waals surface area contributed by atoms with Gasteiger partial charge in [-0.1, -0.05) is 6.07 Å². The van der Waals surface area contributed by atoms with E-state index in [4.69, 9.17) is 0 Å². The number of hydrogen-bond acceptors (Lipinski definition) is 6. The normalized spacial score (nSPS) is 13.9. The Morgan fingerprint density at radius 3 is 2.81 bits per heavy atom. The van der Waals surface area contributed by atoms with Crippen molar-refractivity contribution in [3.05, 3.63) is 43.6 Å². The minimum atomic E-state index is -0.152. The van der Waals surface area contributed by atoms with E-state index in [1.807, 2.05) is 31.4 Å². The van der Waals surface area contributed by atoms with Crippen LogP contribution in [-0.4, -0.2) is 31.8 Å². The highest BCUT2D eigenvalue weighted by Gasteiger charge is 2.30. The number of aromatic nitrogens is 4. The summed E-state index contributed by atoms with van der Waals surface area (Å²) in [5.41, 5.74) is 0.634. The maximum absolute atomic E-state index is 12.7. The van der Waals surface area contributed by atoms with Gasteiger partial charge in [0.2, 0.25) is 0 Å². The molecule has 1 N–H and O–H groups in total. The molecule has 136 valence electrons. The van der Waals surface area contributed by atoms with Gasteiger partial charge < -0.3 is 5.32 Å². The fourth-order valence-electron chi connectivity index (χ4n) is 2.90. The van der Waals surface area contributed by atoms with Crippen LogP contribution in [0.1, 0.15) is 39.3 Å². The second kappa shape index (κ2) is 6.81. The maximum atomic E-state index is 12.7. The molecule has 0 aromatic carbocycles. The Kier molecular flexibility index (Phi) is 4.49. The van der Waals surface area contributed by atoms with Gasteiger partial charge >= 0.3 is 5.69 Å². The molecule has 0 saturated heterocycles. The van der Waals surface area contributed by atoms with Crippen LogP contribution < -0.4 is 11.0 Å². The Morgan fingerprint density at radius 1 is 1.38 bits per heavy atom. The zero-order valence-corrected chi connectivity index (χ0v) is 16.2. The molecule has 1 aliphatic carbocycles. The van der Waals surface area contributed by atoms with Crippen LogP contribution >= 0.6 is 22.7 Å². The summed E-state index contributed by atoms with van der Waals surface area (Å²) in [5.74, 6) is 0.578. The molecule has 1 aliphatic rings. The molecule has 0 bridgehead atoms. The quantitative estimate of drug-likeness (QED) is 0.703. The molecule has 0 spiro atoms. The predicted octanol–water partition coefficient (Wildman–Crippen LogP) is 2.61. The Bertz CT molecular complexity index is 995. The van der Waals surface area contributed by atoms with E-state index in [1.54, 1.807) is 15.9 Å². The molecule has 9 heteroatoms. The smallest absolute Gasteiger partial charge is 0.346 e. The van der Waals surface area contributed by atoms with Crippen molar-refractivity contribution in [2.45, 2.75) is 39.3 Å². The van der Waals surface area contributed by atoms with Crippen LogP contribution in [-0.2, 0) is 6.54 Å².